The zero-order valence-electron chi connectivity index (χ0n) is 8.23. The van der Waals surface area contributed by atoms with E-state index in [2.05, 4.69) is 5.32 Å². The number of carboxylic acid groups (broad SMARTS) is 1. The molecule has 1 unspecified atom stereocenters. The van der Waals surface area contributed by atoms with Crippen LogP contribution in [-0.2, 0) is 11.2 Å². The molecule has 0 saturated heterocycles. The zero-order chi connectivity index (χ0) is 10.8. The minimum absolute atomic E-state index is 0.0228. The van der Waals surface area contributed by atoms with Crippen LogP contribution in [0.25, 0.3) is 0 Å². The summed E-state index contributed by atoms with van der Waals surface area (Å²) in [6.45, 7) is -0.0228. The molecular formula is C11H13NO3. The number of carboxylic acids is 1. The normalized spacial score (nSPS) is 18.8. The lowest BCUT2D eigenvalue weighted by Crippen LogP contribution is -2.25. The zero-order valence-corrected chi connectivity index (χ0v) is 8.23. The predicted molar refractivity (Wildman–Crippen MR) is 54.8 cm³/mol. The summed E-state index contributed by atoms with van der Waals surface area (Å²) < 4.78 is 0. The molecule has 80 valence electrons. The van der Waals surface area contributed by atoms with Gasteiger partial charge in [0.25, 0.3) is 0 Å². The first-order valence-corrected chi connectivity index (χ1v) is 4.94. The van der Waals surface area contributed by atoms with E-state index in [-0.39, 0.29) is 18.3 Å². The number of carbonyl (C=O) groups is 1. The van der Waals surface area contributed by atoms with Gasteiger partial charge >= 0.3 is 5.97 Å². The standard InChI is InChI=1S/C11H13NO3/c13-8-2-3-9-7(5-8)1-4-10(9)12-6-11(14)15/h2-3,5,10,12-13H,1,4,6H2,(H,14,15). The third-order valence-corrected chi connectivity index (χ3v) is 2.70. The Kier molecular flexibility index (Phi) is 2.60. The van der Waals surface area contributed by atoms with Crippen molar-refractivity contribution in [2.75, 3.05) is 6.54 Å². The van der Waals surface area contributed by atoms with Crippen LogP contribution in [0.3, 0.4) is 0 Å². The molecule has 1 aromatic rings. The molecule has 3 N–H and O–H groups in total. The Morgan fingerprint density at radius 3 is 3.07 bits per heavy atom. The first kappa shape index (κ1) is 9.98. The van der Waals surface area contributed by atoms with Crippen LogP contribution in [0.5, 0.6) is 5.75 Å². The van der Waals surface area contributed by atoms with Crippen LogP contribution in [0, 0.1) is 0 Å². The van der Waals surface area contributed by atoms with Gasteiger partial charge in [0.2, 0.25) is 0 Å². The molecular weight excluding hydrogens is 194 g/mol. The highest BCUT2D eigenvalue weighted by molar-refractivity contribution is 5.69. The summed E-state index contributed by atoms with van der Waals surface area (Å²) in [5.41, 5.74) is 2.21. The molecule has 15 heavy (non-hydrogen) atoms. The lowest BCUT2D eigenvalue weighted by Gasteiger charge is -2.11. The minimum Gasteiger partial charge on any atom is -0.508 e. The Bertz CT molecular complexity index is 389. The van der Waals surface area contributed by atoms with Gasteiger partial charge in [-0.25, -0.2) is 0 Å². The maximum atomic E-state index is 10.4. The van der Waals surface area contributed by atoms with Crippen LogP contribution in [0.1, 0.15) is 23.6 Å². The van der Waals surface area contributed by atoms with Gasteiger partial charge in [-0.3, -0.25) is 4.79 Å². The van der Waals surface area contributed by atoms with Crippen molar-refractivity contribution in [2.24, 2.45) is 0 Å². The predicted octanol–water partition coefficient (Wildman–Crippen LogP) is 1.05. The molecule has 0 aromatic heterocycles. The van der Waals surface area contributed by atoms with Crippen LogP contribution in [-0.4, -0.2) is 22.7 Å². The van der Waals surface area contributed by atoms with Crippen molar-refractivity contribution >= 4 is 5.97 Å². The summed E-state index contributed by atoms with van der Waals surface area (Å²) in [7, 11) is 0. The van der Waals surface area contributed by atoms with E-state index in [1.54, 1.807) is 12.1 Å². The van der Waals surface area contributed by atoms with Crippen molar-refractivity contribution in [1.29, 1.82) is 0 Å². The van der Waals surface area contributed by atoms with E-state index < -0.39 is 5.97 Å². The van der Waals surface area contributed by atoms with Crippen LogP contribution in [0.2, 0.25) is 0 Å². The number of fused-ring (bicyclic) bond motifs is 1. The van der Waals surface area contributed by atoms with E-state index >= 15 is 0 Å². The SMILES string of the molecule is O=C(O)CNC1CCc2cc(O)ccc21. The van der Waals surface area contributed by atoms with Gasteiger partial charge in [-0.2, -0.15) is 0 Å². The lowest BCUT2D eigenvalue weighted by atomic mass is 10.1. The third kappa shape index (κ3) is 2.10. The molecule has 4 heteroatoms. The number of phenolic OH excluding ortho intramolecular Hbond substituents is 1. The Hall–Kier alpha value is -1.55. The van der Waals surface area contributed by atoms with Gasteiger partial charge in [0.05, 0.1) is 6.54 Å². The van der Waals surface area contributed by atoms with E-state index in [0.29, 0.717) is 0 Å². The van der Waals surface area contributed by atoms with Gasteiger partial charge in [0.1, 0.15) is 5.75 Å². The number of aryl methyl sites for hydroxylation is 1. The summed E-state index contributed by atoms with van der Waals surface area (Å²) in [6.07, 6.45) is 1.78. The summed E-state index contributed by atoms with van der Waals surface area (Å²) in [5.74, 6) is -0.574. The Morgan fingerprint density at radius 1 is 1.53 bits per heavy atom. The van der Waals surface area contributed by atoms with Crippen molar-refractivity contribution in [1.82, 2.24) is 5.32 Å². The highest BCUT2D eigenvalue weighted by Crippen LogP contribution is 2.32. The topological polar surface area (TPSA) is 69.6 Å². The average molecular weight is 207 g/mol. The van der Waals surface area contributed by atoms with Crippen LogP contribution < -0.4 is 5.32 Å². The van der Waals surface area contributed by atoms with Gasteiger partial charge in [-0.05, 0) is 36.1 Å². The second-order valence-corrected chi connectivity index (χ2v) is 3.75. The highest BCUT2D eigenvalue weighted by Gasteiger charge is 2.22. The number of hydrogen-bond acceptors (Lipinski definition) is 3. The van der Waals surface area contributed by atoms with Crippen molar-refractivity contribution < 1.29 is 15.0 Å². The number of benzene rings is 1. The largest absolute Gasteiger partial charge is 0.508 e. The summed E-state index contributed by atoms with van der Waals surface area (Å²) in [5, 5.41) is 20.8. The summed E-state index contributed by atoms with van der Waals surface area (Å²) in [6, 6.07) is 5.35. The fourth-order valence-corrected chi connectivity index (χ4v) is 2.03. The molecule has 0 radical (unpaired) electrons. The third-order valence-electron chi connectivity index (χ3n) is 2.70. The van der Waals surface area contributed by atoms with Gasteiger partial charge in [0, 0.05) is 6.04 Å². The van der Waals surface area contributed by atoms with E-state index in [1.165, 1.54) is 0 Å². The first-order chi connectivity index (χ1) is 7.16. The molecule has 0 bridgehead atoms. The van der Waals surface area contributed by atoms with Crippen LogP contribution in [0.4, 0.5) is 0 Å². The van der Waals surface area contributed by atoms with Crippen LogP contribution >= 0.6 is 0 Å². The Balaban J connectivity index is 2.11. The summed E-state index contributed by atoms with van der Waals surface area (Å²) >= 11 is 0. The molecule has 1 aromatic carbocycles. The molecule has 0 spiro atoms. The average Bonchev–Trinajstić information content (AvgIpc) is 2.57. The van der Waals surface area contributed by atoms with Gasteiger partial charge in [-0.1, -0.05) is 6.07 Å². The molecule has 0 saturated carbocycles. The number of aliphatic carboxylic acids is 1. The highest BCUT2D eigenvalue weighted by atomic mass is 16.4. The minimum atomic E-state index is -0.845. The number of aromatic hydroxyl groups is 1. The molecule has 0 heterocycles. The van der Waals surface area contributed by atoms with E-state index in [9.17, 15) is 9.90 Å². The molecule has 2 rings (SSSR count). The maximum Gasteiger partial charge on any atom is 0.317 e. The molecule has 0 fully saturated rings. The number of rotatable bonds is 3. The molecule has 0 amide bonds. The lowest BCUT2D eigenvalue weighted by molar-refractivity contribution is -0.136. The Morgan fingerprint density at radius 2 is 2.33 bits per heavy atom. The van der Waals surface area contributed by atoms with Crippen LogP contribution in [0.15, 0.2) is 18.2 Å². The van der Waals surface area contributed by atoms with Gasteiger partial charge < -0.3 is 15.5 Å². The van der Waals surface area contributed by atoms with E-state index in [4.69, 9.17) is 5.11 Å². The van der Waals surface area contributed by atoms with Crippen molar-refractivity contribution in [3.05, 3.63) is 29.3 Å². The number of hydrogen-bond donors (Lipinski definition) is 3. The smallest absolute Gasteiger partial charge is 0.317 e. The molecule has 4 nitrogen and oxygen atoms in total. The molecule has 1 aliphatic carbocycles. The second-order valence-electron chi connectivity index (χ2n) is 3.75. The van der Waals surface area contributed by atoms with E-state index in [0.717, 1.165) is 24.0 Å². The summed E-state index contributed by atoms with van der Waals surface area (Å²) in [4.78, 5) is 10.4. The Labute approximate surface area is 87.6 Å². The van der Waals surface area contributed by atoms with Crippen molar-refractivity contribution in [3.63, 3.8) is 0 Å². The maximum absolute atomic E-state index is 10.4. The van der Waals surface area contributed by atoms with Gasteiger partial charge in [-0.15, -0.1) is 0 Å². The molecule has 1 aliphatic rings. The van der Waals surface area contributed by atoms with Gasteiger partial charge in [0.15, 0.2) is 0 Å². The number of phenols is 1. The van der Waals surface area contributed by atoms with E-state index in [1.807, 2.05) is 6.07 Å². The second kappa shape index (κ2) is 3.90. The van der Waals surface area contributed by atoms with Crippen molar-refractivity contribution in [3.8, 4) is 5.75 Å². The quantitative estimate of drug-likeness (QED) is 0.693. The molecule has 1 atom stereocenters. The van der Waals surface area contributed by atoms with Crippen molar-refractivity contribution in [2.45, 2.75) is 18.9 Å². The fourth-order valence-electron chi connectivity index (χ4n) is 2.03. The first-order valence-electron chi connectivity index (χ1n) is 4.94. The fraction of sp³-hybridized carbons (Fsp3) is 0.364. The monoisotopic (exact) mass is 207 g/mol. The molecule has 0 aliphatic heterocycles. The number of nitrogens with one attached hydrogen (secondary N) is 1.